The molecule has 1 aromatic carbocycles. The van der Waals surface area contributed by atoms with E-state index in [0.717, 1.165) is 23.7 Å². The van der Waals surface area contributed by atoms with E-state index >= 15 is 0 Å². The zero-order valence-electron chi connectivity index (χ0n) is 15.5. The molecule has 1 N–H and O–H groups in total. The smallest absolute Gasteiger partial charge is 0.243 e. The highest BCUT2D eigenvalue weighted by atomic mass is 35.5. The van der Waals surface area contributed by atoms with Gasteiger partial charge in [-0.05, 0) is 24.6 Å². The van der Waals surface area contributed by atoms with Crippen molar-refractivity contribution in [3.8, 4) is 0 Å². The number of morpholine rings is 1. The molecule has 1 saturated heterocycles. The van der Waals surface area contributed by atoms with Gasteiger partial charge in [0.15, 0.2) is 0 Å². The molecule has 7 nitrogen and oxygen atoms in total. The summed E-state index contributed by atoms with van der Waals surface area (Å²) < 4.78 is 31.2. The summed E-state index contributed by atoms with van der Waals surface area (Å²) in [7, 11) is -3.71. The Bertz CT molecular complexity index is 755. The van der Waals surface area contributed by atoms with Gasteiger partial charge in [-0.15, -0.1) is 0 Å². The van der Waals surface area contributed by atoms with Crippen molar-refractivity contribution < 1.29 is 17.9 Å². The molecule has 1 amide bonds. The van der Waals surface area contributed by atoms with Crippen LogP contribution in [0.1, 0.15) is 13.3 Å². The third-order valence-electron chi connectivity index (χ3n) is 4.32. The largest absolute Gasteiger partial charge is 0.379 e. The number of carbonyl (C=O) groups is 1. The molecular weight excluding hydrogens is 413 g/mol. The lowest BCUT2D eigenvalue weighted by molar-refractivity contribution is -0.122. The van der Waals surface area contributed by atoms with Gasteiger partial charge in [0, 0.05) is 26.2 Å². The van der Waals surface area contributed by atoms with E-state index in [1.807, 2.05) is 0 Å². The molecule has 1 aliphatic rings. The van der Waals surface area contributed by atoms with Crippen LogP contribution in [0.25, 0.3) is 0 Å². The summed E-state index contributed by atoms with van der Waals surface area (Å²) in [5.74, 6) is -0.345. The lowest BCUT2D eigenvalue weighted by Gasteiger charge is -2.31. The number of nitrogens with one attached hydrogen (secondary N) is 1. The van der Waals surface area contributed by atoms with E-state index in [2.05, 4.69) is 10.2 Å². The monoisotopic (exact) mass is 437 g/mol. The maximum Gasteiger partial charge on any atom is 0.243 e. The summed E-state index contributed by atoms with van der Waals surface area (Å²) >= 11 is 12.0. The topological polar surface area (TPSA) is 79.0 Å². The third kappa shape index (κ3) is 6.22. The number of carbonyl (C=O) groups excluding carboxylic acids is 1. The highest BCUT2D eigenvalue weighted by Crippen LogP contribution is 2.30. The van der Waals surface area contributed by atoms with Crippen LogP contribution in [0.15, 0.2) is 18.2 Å². The summed E-state index contributed by atoms with van der Waals surface area (Å²) in [6.07, 6.45) is 1.38. The first-order chi connectivity index (χ1) is 12.7. The van der Waals surface area contributed by atoms with E-state index in [1.165, 1.54) is 12.1 Å². The Kier molecular flexibility index (Phi) is 8.18. The van der Waals surface area contributed by atoms with Crippen molar-refractivity contribution >= 4 is 44.8 Å². The summed E-state index contributed by atoms with van der Waals surface area (Å²) in [5.41, 5.74) is 0.307. The number of anilines is 1. The molecule has 0 radical (unpaired) electrons. The molecule has 0 spiro atoms. The Hall–Kier alpha value is -1.06. The third-order valence-corrected chi connectivity index (χ3v) is 6.24. The molecule has 0 aromatic heterocycles. The van der Waals surface area contributed by atoms with Gasteiger partial charge in [-0.1, -0.05) is 30.1 Å². The van der Waals surface area contributed by atoms with E-state index in [1.54, 1.807) is 13.0 Å². The lowest BCUT2D eigenvalue weighted by atomic mass is 10.2. The van der Waals surface area contributed by atoms with E-state index in [9.17, 15) is 13.2 Å². The Morgan fingerprint density at radius 2 is 1.96 bits per heavy atom. The van der Waals surface area contributed by atoms with Crippen LogP contribution in [0, 0.1) is 0 Å². The Morgan fingerprint density at radius 1 is 1.30 bits per heavy atom. The standard InChI is InChI=1S/C17H25Cl2N3O4S/c1-3-16(17(23)20-6-7-21-8-10-26-11-9-21)22(27(2,24)25)13-4-5-14(18)15(19)12-13/h4-5,12,16H,3,6-11H2,1-2H3,(H,20,23). The molecule has 0 aliphatic carbocycles. The molecule has 1 aliphatic heterocycles. The van der Waals surface area contributed by atoms with Crippen molar-refractivity contribution in [1.82, 2.24) is 10.2 Å². The molecular formula is C17H25Cl2N3O4S. The number of hydrogen-bond acceptors (Lipinski definition) is 5. The Labute approximate surface area is 170 Å². The molecule has 1 fully saturated rings. The number of benzene rings is 1. The summed E-state index contributed by atoms with van der Waals surface area (Å²) in [4.78, 5) is 14.9. The molecule has 2 rings (SSSR count). The van der Waals surface area contributed by atoms with Crippen molar-refractivity contribution in [3.05, 3.63) is 28.2 Å². The molecule has 1 aromatic rings. The van der Waals surface area contributed by atoms with E-state index in [0.29, 0.717) is 43.4 Å². The van der Waals surface area contributed by atoms with Gasteiger partial charge in [0.1, 0.15) is 6.04 Å². The summed E-state index contributed by atoms with van der Waals surface area (Å²) in [6.45, 7) is 5.92. The van der Waals surface area contributed by atoms with Crippen LogP contribution in [0.5, 0.6) is 0 Å². The second-order valence-electron chi connectivity index (χ2n) is 6.33. The minimum Gasteiger partial charge on any atom is -0.379 e. The number of hydrogen-bond donors (Lipinski definition) is 1. The quantitative estimate of drug-likeness (QED) is 0.672. The van der Waals surface area contributed by atoms with Crippen molar-refractivity contribution in [2.75, 3.05) is 50.0 Å². The number of amides is 1. The molecule has 10 heteroatoms. The van der Waals surface area contributed by atoms with Crippen LogP contribution in [-0.2, 0) is 19.6 Å². The van der Waals surface area contributed by atoms with Crippen LogP contribution >= 0.6 is 23.2 Å². The van der Waals surface area contributed by atoms with Crippen molar-refractivity contribution in [1.29, 1.82) is 0 Å². The average molecular weight is 438 g/mol. The van der Waals surface area contributed by atoms with Crippen molar-refractivity contribution in [2.45, 2.75) is 19.4 Å². The number of ether oxygens (including phenoxy) is 1. The predicted octanol–water partition coefficient (Wildman–Crippen LogP) is 1.99. The second-order valence-corrected chi connectivity index (χ2v) is 9.00. The molecule has 1 heterocycles. The minimum absolute atomic E-state index is 0.227. The first-order valence-corrected chi connectivity index (χ1v) is 11.4. The van der Waals surface area contributed by atoms with E-state index in [-0.39, 0.29) is 10.9 Å². The number of rotatable bonds is 8. The molecule has 0 saturated carbocycles. The molecule has 1 unspecified atom stereocenters. The highest BCUT2D eigenvalue weighted by molar-refractivity contribution is 7.92. The lowest BCUT2D eigenvalue weighted by Crippen LogP contribution is -2.50. The Balaban J connectivity index is 2.11. The van der Waals surface area contributed by atoms with Gasteiger partial charge in [-0.25, -0.2) is 8.42 Å². The van der Waals surface area contributed by atoms with E-state index < -0.39 is 16.1 Å². The highest BCUT2D eigenvalue weighted by Gasteiger charge is 2.31. The van der Waals surface area contributed by atoms with Crippen molar-refractivity contribution in [2.24, 2.45) is 0 Å². The maximum atomic E-state index is 12.7. The summed E-state index contributed by atoms with van der Waals surface area (Å²) in [5, 5.41) is 3.39. The summed E-state index contributed by atoms with van der Waals surface area (Å²) in [6, 6.07) is 3.63. The SMILES string of the molecule is CCC(C(=O)NCCN1CCOCC1)N(c1ccc(Cl)c(Cl)c1)S(C)(=O)=O. The van der Waals surface area contributed by atoms with Crippen LogP contribution < -0.4 is 9.62 Å². The Morgan fingerprint density at radius 3 is 2.52 bits per heavy atom. The number of halogens is 2. The van der Waals surface area contributed by atoms with Gasteiger partial charge in [0.25, 0.3) is 0 Å². The fraction of sp³-hybridized carbons (Fsp3) is 0.588. The maximum absolute atomic E-state index is 12.7. The van der Waals surface area contributed by atoms with Gasteiger partial charge >= 0.3 is 0 Å². The fourth-order valence-electron chi connectivity index (χ4n) is 2.96. The van der Waals surface area contributed by atoms with Gasteiger partial charge in [-0.2, -0.15) is 0 Å². The zero-order valence-corrected chi connectivity index (χ0v) is 17.8. The predicted molar refractivity (Wildman–Crippen MR) is 108 cm³/mol. The van der Waals surface area contributed by atoms with Crippen molar-refractivity contribution in [3.63, 3.8) is 0 Å². The number of sulfonamides is 1. The van der Waals surface area contributed by atoms with Crippen LogP contribution in [0.3, 0.4) is 0 Å². The molecule has 27 heavy (non-hydrogen) atoms. The van der Waals surface area contributed by atoms with Gasteiger partial charge in [0.2, 0.25) is 15.9 Å². The normalized spacial score (nSPS) is 16.7. The van der Waals surface area contributed by atoms with E-state index in [4.69, 9.17) is 27.9 Å². The van der Waals surface area contributed by atoms with Crippen LogP contribution in [0.2, 0.25) is 10.0 Å². The van der Waals surface area contributed by atoms with Gasteiger partial charge in [-0.3, -0.25) is 14.0 Å². The molecule has 152 valence electrons. The zero-order chi connectivity index (χ0) is 20.0. The fourth-order valence-corrected chi connectivity index (χ4v) is 4.46. The number of nitrogens with zero attached hydrogens (tertiary/aromatic N) is 2. The molecule has 1 atom stereocenters. The average Bonchev–Trinajstić information content (AvgIpc) is 2.62. The van der Waals surface area contributed by atoms with Gasteiger partial charge in [0.05, 0.1) is 35.2 Å². The minimum atomic E-state index is -3.71. The first kappa shape index (κ1) is 22.2. The van der Waals surface area contributed by atoms with Crippen LogP contribution in [-0.4, -0.2) is 70.9 Å². The second kappa shape index (κ2) is 9.93. The van der Waals surface area contributed by atoms with Crippen LogP contribution in [0.4, 0.5) is 5.69 Å². The van der Waals surface area contributed by atoms with Gasteiger partial charge < -0.3 is 10.1 Å². The molecule has 0 bridgehead atoms. The first-order valence-electron chi connectivity index (χ1n) is 8.76.